The van der Waals surface area contributed by atoms with Crippen molar-refractivity contribution in [1.29, 1.82) is 0 Å². The van der Waals surface area contributed by atoms with Crippen molar-refractivity contribution < 1.29 is 0 Å². The van der Waals surface area contributed by atoms with Gasteiger partial charge in [-0.25, -0.2) is 9.97 Å². The highest BCUT2D eigenvalue weighted by atomic mass is 32.2. The number of aromatic nitrogens is 5. The van der Waals surface area contributed by atoms with Crippen molar-refractivity contribution in [2.75, 3.05) is 0 Å². The molecule has 0 saturated heterocycles. The minimum atomic E-state index is 0.680. The summed E-state index contributed by atoms with van der Waals surface area (Å²) in [6.45, 7) is 2.01. The van der Waals surface area contributed by atoms with Crippen LogP contribution in [-0.2, 0) is 5.75 Å². The lowest BCUT2D eigenvalue weighted by Crippen LogP contribution is -2.00. The molecule has 0 spiro atoms. The molecule has 0 unspecified atom stereocenters. The zero-order valence-corrected chi connectivity index (χ0v) is 17.3. The van der Waals surface area contributed by atoms with E-state index in [4.69, 9.17) is 9.97 Å². The molecular formula is C22H17N5S2. The van der Waals surface area contributed by atoms with Crippen molar-refractivity contribution in [3.63, 3.8) is 0 Å². The summed E-state index contributed by atoms with van der Waals surface area (Å²) in [5.41, 5.74) is 4.79. The summed E-state index contributed by atoms with van der Waals surface area (Å²) in [5, 5.41) is 11.9. The number of rotatable bonds is 5. The van der Waals surface area contributed by atoms with Gasteiger partial charge in [0.15, 0.2) is 11.0 Å². The van der Waals surface area contributed by atoms with Crippen LogP contribution in [0.4, 0.5) is 0 Å². The number of para-hydroxylation sites is 3. The maximum Gasteiger partial charge on any atom is 0.196 e. The van der Waals surface area contributed by atoms with Crippen molar-refractivity contribution in [3.8, 4) is 16.4 Å². The van der Waals surface area contributed by atoms with Crippen LogP contribution in [0.2, 0.25) is 0 Å². The highest BCUT2D eigenvalue weighted by Crippen LogP contribution is 2.31. The molecule has 3 heterocycles. The lowest BCUT2D eigenvalue weighted by Gasteiger charge is -2.10. The Labute approximate surface area is 176 Å². The van der Waals surface area contributed by atoms with Gasteiger partial charge in [-0.3, -0.25) is 4.57 Å². The third-order valence-corrected chi connectivity index (χ3v) is 6.38. The Morgan fingerprint density at radius 2 is 1.62 bits per heavy atom. The summed E-state index contributed by atoms with van der Waals surface area (Å²) in [6.07, 6.45) is 0. The number of hydrogen-bond donors (Lipinski definition) is 0. The quantitative estimate of drug-likeness (QED) is 0.353. The van der Waals surface area contributed by atoms with Gasteiger partial charge < -0.3 is 0 Å². The van der Waals surface area contributed by atoms with E-state index in [1.807, 2.05) is 55.5 Å². The highest BCUT2D eigenvalue weighted by molar-refractivity contribution is 7.98. The van der Waals surface area contributed by atoms with Crippen molar-refractivity contribution in [2.45, 2.75) is 17.8 Å². The topological polar surface area (TPSA) is 56.5 Å². The van der Waals surface area contributed by atoms with Gasteiger partial charge in [0.05, 0.1) is 27.3 Å². The molecule has 0 amide bonds. The molecule has 3 aromatic heterocycles. The molecule has 5 rings (SSSR count). The lowest BCUT2D eigenvalue weighted by molar-refractivity contribution is 0.885. The SMILES string of the molecule is Cc1nc2ccccc2nc1CSc1nnc(-c2cccs2)n1-c1ccccc1. The van der Waals surface area contributed by atoms with Crippen molar-refractivity contribution in [2.24, 2.45) is 0 Å². The fraction of sp³-hybridized carbons (Fsp3) is 0.0909. The first-order chi connectivity index (χ1) is 14.3. The van der Waals surface area contributed by atoms with Gasteiger partial charge in [-0.05, 0) is 42.6 Å². The monoisotopic (exact) mass is 415 g/mol. The normalized spacial score (nSPS) is 11.2. The van der Waals surface area contributed by atoms with Gasteiger partial charge >= 0.3 is 0 Å². The number of benzene rings is 2. The van der Waals surface area contributed by atoms with Crippen LogP contribution in [0.1, 0.15) is 11.4 Å². The van der Waals surface area contributed by atoms with Gasteiger partial charge in [0, 0.05) is 11.4 Å². The van der Waals surface area contributed by atoms with Crippen molar-refractivity contribution in [3.05, 3.63) is 83.5 Å². The molecule has 0 N–H and O–H groups in total. The second-order valence-electron chi connectivity index (χ2n) is 6.49. The molecule has 0 aliphatic heterocycles. The van der Waals surface area contributed by atoms with Gasteiger partial charge in [0.2, 0.25) is 0 Å². The van der Waals surface area contributed by atoms with E-state index in [-0.39, 0.29) is 0 Å². The van der Waals surface area contributed by atoms with Crippen LogP contribution in [0.3, 0.4) is 0 Å². The number of thioether (sulfide) groups is 1. The standard InChI is InChI=1S/C22H17N5S2/c1-15-19(24-18-11-6-5-10-17(18)23-15)14-29-22-26-25-21(20-12-7-13-28-20)27(22)16-8-3-2-4-9-16/h2-13H,14H2,1H3. The third kappa shape index (κ3) is 3.54. The molecule has 0 bridgehead atoms. The van der Waals surface area contributed by atoms with Crippen molar-refractivity contribution >= 4 is 34.1 Å². The number of aryl methyl sites for hydroxylation is 1. The Kier molecular flexibility index (Phi) is 4.83. The average Bonchev–Trinajstić information content (AvgIpc) is 3.42. The van der Waals surface area contributed by atoms with Crippen LogP contribution in [-0.4, -0.2) is 24.7 Å². The number of fused-ring (bicyclic) bond motifs is 1. The largest absolute Gasteiger partial charge is 0.269 e. The minimum Gasteiger partial charge on any atom is -0.269 e. The van der Waals surface area contributed by atoms with E-state index in [0.717, 1.165) is 44.0 Å². The van der Waals surface area contributed by atoms with E-state index in [2.05, 4.69) is 38.3 Å². The zero-order valence-electron chi connectivity index (χ0n) is 15.7. The molecule has 7 heteroatoms. The van der Waals surface area contributed by atoms with Crippen LogP contribution in [0, 0.1) is 6.92 Å². The van der Waals surface area contributed by atoms with Gasteiger partial charge in [-0.2, -0.15) is 0 Å². The Bertz CT molecular complexity index is 1260. The first kappa shape index (κ1) is 18.0. The fourth-order valence-corrected chi connectivity index (χ4v) is 4.79. The molecule has 5 aromatic rings. The Hall–Kier alpha value is -3.03. The summed E-state index contributed by atoms with van der Waals surface area (Å²) in [7, 11) is 0. The summed E-state index contributed by atoms with van der Waals surface area (Å²) >= 11 is 3.29. The van der Waals surface area contributed by atoms with Crippen LogP contribution >= 0.6 is 23.1 Å². The van der Waals surface area contributed by atoms with Gasteiger partial charge in [0.1, 0.15) is 0 Å². The minimum absolute atomic E-state index is 0.680. The fourth-order valence-electron chi connectivity index (χ4n) is 3.13. The maximum atomic E-state index is 4.81. The summed E-state index contributed by atoms with van der Waals surface area (Å²) in [5.74, 6) is 1.54. The molecule has 29 heavy (non-hydrogen) atoms. The average molecular weight is 416 g/mol. The zero-order chi connectivity index (χ0) is 19.6. The van der Waals surface area contributed by atoms with Crippen LogP contribution in [0.5, 0.6) is 0 Å². The Morgan fingerprint density at radius 1 is 0.862 bits per heavy atom. The first-order valence-electron chi connectivity index (χ1n) is 9.19. The van der Waals surface area contributed by atoms with Crippen LogP contribution in [0.25, 0.3) is 27.4 Å². The second kappa shape index (κ2) is 7.77. The molecule has 0 aliphatic rings. The predicted molar refractivity (Wildman–Crippen MR) is 119 cm³/mol. The van der Waals surface area contributed by atoms with E-state index in [9.17, 15) is 0 Å². The van der Waals surface area contributed by atoms with E-state index >= 15 is 0 Å². The molecule has 2 aromatic carbocycles. The van der Waals surface area contributed by atoms with Crippen molar-refractivity contribution in [1.82, 2.24) is 24.7 Å². The number of hydrogen-bond acceptors (Lipinski definition) is 6. The lowest BCUT2D eigenvalue weighted by atomic mass is 10.2. The number of thiophene rings is 1. The van der Waals surface area contributed by atoms with Crippen LogP contribution in [0.15, 0.2) is 77.3 Å². The Balaban J connectivity index is 1.51. The molecule has 0 fully saturated rings. The van der Waals surface area contributed by atoms with E-state index < -0.39 is 0 Å². The molecule has 0 radical (unpaired) electrons. The summed E-state index contributed by atoms with van der Waals surface area (Å²) in [6, 6.07) is 22.3. The highest BCUT2D eigenvalue weighted by Gasteiger charge is 2.17. The molecule has 0 aliphatic carbocycles. The summed E-state index contributed by atoms with van der Waals surface area (Å²) < 4.78 is 2.11. The first-order valence-corrected chi connectivity index (χ1v) is 11.1. The molecule has 142 valence electrons. The van der Waals surface area contributed by atoms with E-state index in [1.54, 1.807) is 23.1 Å². The summed E-state index contributed by atoms with van der Waals surface area (Å²) in [4.78, 5) is 10.6. The molecule has 0 saturated carbocycles. The second-order valence-corrected chi connectivity index (χ2v) is 8.38. The van der Waals surface area contributed by atoms with Crippen LogP contribution < -0.4 is 0 Å². The van der Waals surface area contributed by atoms with E-state index in [1.165, 1.54) is 0 Å². The van der Waals surface area contributed by atoms with Gasteiger partial charge in [-0.15, -0.1) is 21.5 Å². The van der Waals surface area contributed by atoms with Gasteiger partial charge in [0.25, 0.3) is 0 Å². The Morgan fingerprint density at radius 3 is 2.38 bits per heavy atom. The predicted octanol–water partition coefficient (Wildman–Crippen LogP) is 5.54. The van der Waals surface area contributed by atoms with E-state index in [0.29, 0.717) is 5.75 Å². The molecular weight excluding hydrogens is 398 g/mol. The third-order valence-electron chi connectivity index (χ3n) is 4.57. The number of nitrogens with zero attached hydrogens (tertiary/aromatic N) is 5. The maximum absolute atomic E-state index is 4.81. The smallest absolute Gasteiger partial charge is 0.196 e. The molecule has 5 nitrogen and oxygen atoms in total. The molecule has 0 atom stereocenters. The van der Waals surface area contributed by atoms with Gasteiger partial charge in [-0.1, -0.05) is 48.2 Å².